The van der Waals surface area contributed by atoms with Crippen LogP contribution in [-0.4, -0.2) is 25.1 Å². The van der Waals surface area contributed by atoms with Gasteiger partial charge in [-0.3, -0.25) is 4.79 Å². The Morgan fingerprint density at radius 3 is 2.45 bits per heavy atom. The lowest BCUT2D eigenvalue weighted by Crippen LogP contribution is -2.22. The maximum atomic E-state index is 13.3. The third-order valence-electron chi connectivity index (χ3n) is 4.79. The van der Waals surface area contributed by atoms with Crippen molar-refractivity contribution in [1.82, 2.24) is 0 Å². The van der Waals surface area contributed by atoms with Crippen LogP contribution in [0.25, 0.3) is 11.1 Å². The Labute approximate surface area is 205 Å². The minimum Gasteiger partial charge on any atom is -0.483 e. The number of amides is 1. The van der Waals surface area contributed by atoms with Crippen LogP contribution in [0, 0.1) is 5.82 Å². The van der Waals surface area contributed by atoms with Crippen LogP contribution in [0.2, 0.25) is 0 Å². The molecule has 33 heavy (non-hydrogen) atoms. The quantitative estimate of drug-likeness (QED) is 0.339. The molecule has 1 N–H and O–H groups in total. The number of benzene rings is 2. The topological polar surface area (TPSA) is 64.6 Å². The van der Waals surface area contributed by atoms with Gasteiger partial charge in [0.05, 0.1) is 6.61 Å². The Balaban J connectivity index is 1.81. The second-order valence-corrected chi connectivity index (χ2v) is 10.1. The average Bonchev–Trinajstić information content (AvgIpc) is 3.16. The number of hydrogen-bond acceptors (Lipinski definition) is 5. The maximum Gasteiger partial charge on any atom is 0.341 e. The van der Waals surface area contributed by atoms with E-state index in [4.69, 9.17) is 9.47 Å². The van der Waals surface area contributed by atoms with Gasteiger partial charge in [0.2, 0.25) is 0 Å². The summed E-state index contributed by atoms with van der Waals surface area (Å²) in [6.07, 6.45) is 0. The van der Waals surface area contributed by atoms with Crippen LogP contribution < -0.4 is 10.1 Å². The molecule has 0 atom stereocenters. The number of nitrogens with one attached hydrogen (secondary N) is 1. The van der Waals surface area contributed by atoms with Crippen molar-refractivity contribution in [3.05, 3.63) is 69.3 Å². The lowest BCUT2D eigenvalue weighted by atomic mass is 9.86. The summed E-state index contributed by atoms with van der Waals surface area (Å²) in [5.74, 6) is -0.724. The van der Waals surface area contributed by atoms with Crippen molar-refractivity contribution in [1.29, 1.82) is 0 Å². The summed E-state index contributed by atoms with van der Waals surface area (Å²) in [5, 5.41) is 4.85. The number of anilines is 1. The molecule has 0 radical (unpaired) electrons. The fraction of sp³-hybridized carbons (Fsp3) is 0.280. The van der Waals surface area contributed by atoms with E-state index in [1.54, 1.807) is 24.4 Å². The molecule has 0 bridgehead atoms. The van der Waals surface area contributed by atoms with E-state index >= 15 is 0 Å². The number of esters is 1. The van der Waals surface area contributed by atoms with E-state index in [0.717, 1.165) is 10.0 Å². The molecule has 2 aromatic carbocycles. The lowest BCUT2D eigenvalue weighted by molar-refractivity contribution is -0.118. The smallest absolute Gasteiger partial charge is 0.341 e. The number of halogens is 2. The SMILES string of the molecule is CCOC(=O)c1c(-c2ccc(F)cc2)csc1NC(=O)COc1ccc(Br)cc1C(C)(C)C. The molecule has 3 rings (SSSR count). The van der Waals surface area contributed by atoms with E-state index in [1.807, 2.05) is 18.2 Å². The lowest BCUT2D eigenvalue weighted by Gasteiger charge is -2.23. The number of carbonyl (C=O) groups excluding carboxylic acids is 2. The second-order valence-electron chi connectivity index (χ2n) is 8.31. The van der Waals surface area contributed by atoms with Gasteiger partial charge in [-0.1, -0.05) is 48.8 Å². The zero-order valence-electron chi connectivity index (χ0n) is 18.8. The van der Waals surface area contributed by atoms with Crippen molar-refractivity contribution >= 4 is 44.1 Å². The first-order valence-corrected chi connectivity index (χ1v) is 12.0. The van der Waals surface area contributed by atoms with E-state index in [0.29, 0.717) is 21.9 Å². The highest BCUT2D eigenvalue weighted by Gasteiger charge is 2.24. The molecule has 0 aliphatic carbocycles. The van der Waals surface area contributed by atoms with Crippen LogP contribution in [0.5, 0.6) is 5.75 Å². The second kappa shape index (κ2) is 10.5. The highest BCUT2D eigenvalue weighted by atomic mass is 79.9. The average molecular weight is 534 g/mol. The first kappa shape index (κ1) is 24.9. The van der Waals surface area contributed by atoms with Gasteiger partial charge in [-0.15, -0.1) is 11.3 Å². The first-order valence-electron chi connectivity index (χ1n) is 10.4. The van der Waals surface area contributed by atoms with Gasteiger partial charge in [-0.2, -0.15) is 0 Å². The van der Waals surface area contributed by atoms with Gasteiger partial charge in [0.15, 0.2) is 6.61 Å². The third kappa shape index (κ3) is 6.21. The van der Waals surface area contributed by atoms with Gasteiger partial charge in [0, 0.05) is 21.0 Å². The van der Waals surface area contributed by atoms with Crippen LogP contribution in [-0.2, 0) is 14.9 Å². The summed E-state index contributed by atoms with van der Waals surface area (Å²) < 4.78 is 25.3. The molecule has 8 heteroatoms. The Morgan fingerprint density at radius 1 is 1.12 bits per heavy atom. The molecule has 0 unspecified atom stereocenters. The largest absolute Gasteiger partial charge is 0.483 e. The summed E-state index contributed by atoms with van der Waals surface area (Å²) in [6, 6.07) is 11.4. The van der Waals surface area contributed by atoms with Gasteiger partial charge >= 0.3 is 5.97 Å². The van der Waals surface area contributed by atoms with Crippen molar-refractivity contribution in [2.45, 2.75) is 33.1 Å². The van der Waals surface area contributed by atoms with Gasteiger partial charge in [0.1, 0.15) is 22.1 Å². The van der Waals surface area contributed by atoms with E-state index in [2.05, 4.69) is 42.0 Å². The maximum absolute atomic E-state index is 13.3. The van der Waals surface area contributed by atoms with Crippen molar-refractivity contribution in [2.24, 2.45) is 0 Å². The Bertz CT molecular complexity index is 1150. The monoisotopic (exact) mass is 533 g/mol. The third-order valence-corrected chi connectivity index (χ3v) is 6.18. The number of thiophene rings is 1. The first-order chi connectivity index (χ1) is 15.6. The molecule has 0 saturated heterocycles. The summed E-state index contributed by atoms with van der Waals surface area (Å²) in [4.78, 5) is 25.4. The molecule has 1 aromatic heterocycles. The highest BCUT2D eigenvalue weighted by Crippen LogP contribution is 2.37. The van der Waals surface area contributed by atoms with Crippen LogP contribution in [0.4, 0.5) is 9.39 Å². The van der Waals surface area contributed by atoms with Crippen LogP contribution >= 0.6 is 27.3 Å². The predicted octanol–water partition coefficient (Wildman–Crippen LogP) is 6.81. The van der Waals surface area contributed by atoms with Crippen molar-refractivity contribution < 1.29 is 23.5 Å². The fourth-order valence-corrected chi connectivity index (χ4v) is 4.55. The summed E-state index contributed by atoms with van der Waals surface area (Å²) in [5.41, 5.74) is 2.24. The number of hydrogen-bond donors (Lipinski definition) is 1. The van der Waals surface area contributed by atoms with Crippen LogP contribution in [0.3, 0.4) is 0 Å². The summed E-state index contributed by atoms with van der Waals surface area (Å²) >= 11 is 4.68. The van der Waals surface area contributed by atoms with E-state index in [1.165, 1.54) is 23.5 Å². The molecule has 0 fully saturated rings. The number of carbonyl (C=O) groups is 2. The molecule has 0 aliphatic rings. The Morgan fingerprint density at radius 2 is 1.82 bits per heavy atom. The minimum absolute atomic E-state index is 0.176. The molecule has 1 amide bonds. The molecule has 0 spiro atoms. The van der Waals surface area contributed by atoms with Gasteiger partial charge in [-0.25, -0.2) is 9.18 Å². The molecule has 0 aliphatic heterocycles. The zero-order valence-corrected chi connectivity index (χ0v) is 21.2. The summed E-state index contributed by atoms with van der Waals surface area (Å²) in [7, 11) is 0. The zero-order chi connectivity index (χ0) is 24.2. The molecular formula is C25H25BrFNO4S. The number of rotatable bonds is 7. The van der Waals surface area contributed by atoms with E-state index in [9.17, 15) is 14.0 Å². The molecule has 3 aromatic rings. The minimum atomic E-state index is -0.558. The Hall–Kier alpha value is -2.71. The van der Waals surface area contributed by atoms with Crippen LogP contribution in [0.15, 0.2) is 52.3 Å². The standard InChI is InChI=1S/C25H25BrFNO4S/c1-5-31-24(30)22-18(15-6-9-17(27)10-7-15)14-33-23(22)28-21(29)13-32-20-11-8-16(26)12-19(20)25(2,3)4/h6-12,14H,5,13H2,1-4H3,(H,28,29). The molecule has 1 heterocycles. The normalized spacial score (nSPS) is 11.2. The Kier molecular flexibility index (Phi) is 7.92. The van der Waals surface area contributed by atoms with Crippen molar-refractivity contribution in [2.75, 3.05) is 18.5 Å². The van der Waals surface area contributed by atoms with E-state index in [-0.39, 0.29) is 30.0 Å². The van der Waals surface area contributed by atoms with Crippen molar-refractivity contribution in [3.8, 4) is 16.9 Å². The van der Waals surface area contributed by atoms with Gasteiger partial charge in [-0.05, 0) is 48.2 Å². The van der Waals surface area contributed by atoms with Crippen molar-refractivity contribution in [3.63, 3.8) is 0 Å². The highest BCUT2D eigenvalue weighted by molar-refractivity contribution is 9.10. The van der Waals surface area contributed by atoms with Crippen LogP contribution in [0.1, 0.15) is 43.6 Å². The van der Waals surface area contributed by atoms with E-state index < -0.39 is 11.9 Å². The fourth-order valence-electron chi connectivity index (χ4n) is 3.22. The van der Waals surface area contributed by atoms with Gasteiger partial charge in [0.25, 0.3) is 5.91 Å². The number of ether oxygens (including phenoxy) is 2. The molecule has 0 saturated carbocycles. The molecular weight excluding hydrogens is 509 g/mol. The molecule has 174 valence electrons. The molecule has 5 nitrogen and oxygen atoms in total. The predicted molar refractivity (Wildman–Crippen MR) is 133 cm³/mol. The van der Waals surface area contributed by atoms with Gasteiger partial charge < -0.3 is 14.8 Å². The summed E-state index contributed by atoms with van der Waals surface area (Å²) in [6.45, 7) is 7.87.